The van der Waals surface area contributed by atoms with Crippen molar-refractivity contribution in [1.29, 1.82) is 0 Å². The molecule has 4 nitrogen and oxygen atoms in total. The Labute approximate surface area is 120 Å². The van der Waals surface area contributed by atoms with Crippen LogP contribution >= 0.6 is 0 Å². The lowest BCUT2D eigenvalue weighted by Gasteiger charge is -2.29. The molecule has 2 rings (SSSR count). The van der Waals surface area contributed by atoms with Crippen LogP contribution in [0.5, 0.6) is 0 Å². The van der Waals surface area contributed by atoms with Crippen molar-refractivity contribution in [3.05, 3.63) is 23.0 Å². The molecule has 0 bridgehead atoms. The Bertz CT molecular complexity index is 499. The number of hydrogen-bond donors (Lipinski definition) is 2. The van der Waals surface area contributed by atoms with Gasteiger partial charge in [0.1, 0.15) is 5.56 Å². The average Bonchev–Trinajstić information content (AvgIpc) is 2.36. The van der Waals surface area contributed by atoms with Crippen LogP contribution in [0.2, 0.25) is 0 Å². The van der Waals surface area contributed by atoms with Crippen LogP contribution in [-0.2, 0) is 0 Å². The summed E-state index contributed by atoms with van der Waals surface area (Å²) in [6.45, 7) is 6.80. The van der Waals surface area contributed by atoms with Gasteiger partial charge in [-0.1, -0.05) is 26.2 Å². The minimum atomic E-state index is -0.908. The first-order valence-electron chi connectivity index (χ1n) is 7.44. The van der Waals surface area contributed by atoms with E-state index in [1.54, 1.807) is 6.92 Å². The van der Waals surface area contributed by atoms with Crippen molar-refractivity contribution >= 4 is 11.7 Å². The molecule has 1 aliphatic carbocycles. The number of nitrogens with one attached hydrogen (secondary N) is 1. The third kappa shape index (κ3) is 3.30. The number of aromatic carboxylic acids is 1. The number of pyridine rings is 1. The molecule has 1 fully saturated rings. The van der Waals surface area contributed by atoms with Gasteiger partial charge in [-0.3, -0.25) is 4.98 Å². The predicted molar refractivity (Wildman–Crippen MR) is 80.3 cm³/mol. The smallest absolute Gasteiger partial charge is 0.339 e. The van der Waals surface area contributed by atoms with Gasteiger partial charge in [0.15, 0.2) is 0 Å². The Balaban J connectivity index is 2.14. The molecule has 20 heavy (non-hydrogen) atoms. The molecule has 4 heteroatoms. The van der Waals surface area contributed by atoms with Crippen LogP contribution in [0.25, 0.3) is 0 Å². The minimum Gasteiger partial charge on any atom is -0.478 e. The second kappa shape index (κ2) is 6.25. The molecule has 1 heterocycles. The second-order valence-electron chi connectivity index (χ2n) is 5.98. The lowest BCUT2D eigenvalue weighted by Crippen LogP contribution is -2.25. The monoisotopic (exact) mass is 276 g/mol. The van der Waals surface area contributed by atoms with Gasteiger partial charge >= 0.3 is 5.97 Å². The predicted octanol–water partition coefficient (Wildman–Crippen LogP) is 3.63. The number of carboxylic acid groups (broad SMARTS) is 1. The molecule has 0 saturated heterocycles. The average molecular weight is 276 g/mol. The van der Waals surface area contributed by atoms with Gasteiger partial charge in [-0.05, 0) is 38.2 Å². The first-order valence-corrected chi connectivity index (χ1v) is 7.44. The SMILES string of the molecule is Cc1cc(NCC2CCCCC2C)c(C(=O)O)c(C)n1. The number of rotatable bonds is 4. The third-order valence-electron chi connectivity index (χ3n) is 4.39. The zero-order valence-electron chi connectivity index (χ0n) is 12.6. The summed E-state index contributed by atoms with van der Waals surface area (Å²) >= 11 is 0. The van der Waals surface area contributed by atoms with E-state index in [2.05, 4.69) is 17.2 Å². The maximum absolute atomic E-state index is 11.4. The molecule has 1 aromatic heterocycles. The van der Waals surface area contributed by atoms with E-state index in [1.807, 2.05) is 13.0 Å². The molecule has 0 spiro atoms. The van der Waals surface area contributed by atoms with Crippen LogP contribution in [0.15, 0.2) is 6.07 Å². The Morgan fingerprint density at radius 1 is 1.40 bits per heavy atom. The van der Waals surface area contributed by atoms with E-state index in [0.29, 0.717) is 28.8 Å². The van der Waals surface area contributed by atoms with E-state index in [9.17, 15) is 9.90 Å². The number of anilines is 1. The summed E-state index contributed by atoms with van der Waals surface area (Å²) in [5, 5.41) is 12.7. The molecule has 2 atom stereocenters. The molecule has 2 N–H and O–H groups in total. The summed E-state index contributed by atoms with van der Waals surface area (Å²) in [4.78, 5) is 15.6. The Morgan fingerprint density at radius 3 is 2.75 bits per heavy atom. The lowest BCUT2D eigenvalue weighted by atomic mass is 9.80. The zero-order chi connectivity index (χ0) is 14.7. The van der Waals surface area contributed by atoms with Gasteiger partial charge in [0.25, 0.3) is 0 Å². The summed E-state index contributed by atoms with van der Waals surface area (Å²) in [6, 6.07) is 1.84. The Kier molecular flexibility index (Phi) is 4.63. The summed E-state index contributed by atoms with van der Waals surface area (Å²) < 4.78 is 0. The molecule has 0 radical (unpaired) electrons. The molecular weight excluding hydrogens is 252 g/mol. The number of carboxylic acids is 1. The highest BCUT2D eigenvalue weighted by molar-refractivity contribution is 5.95. The van der Waals surface area contributed by atoms with Crippen LogP contribution in [0.3, 0.4) is 0 Å². The molecule has 1 saturated carbocycles. The number of aromatic nitrogens is 1. The fourth-order valence-corrected chi connectivity index (χ4v) is 3.18. The molecule has 0 aromatic carbocycles. The van der Waals surface area contributed by atoms with Crippen molar-refractivity contribution in [3.8, 4) is 0 Å². The van der Waals surface area contributed by atoms with E-state index in [1.165, 1.54) is 25.7 Å². The van der Waals surface area contributed by atoms with Crippen molar-refractivity contribution in [2.45, 2.75) is 46.5 Å². The second-order valence-corrected chi connectivity index (χ2v) is 5.98. The molecule has 0 aliphatic heterocycles. The quantitative estimate of drug-likeness (QED) is 0.881. The third-order valence-corrected chi connectivity index (χ3v) is 4.39. The highest BCUT2D eigenvalue weighted by atomic mass is 16.4. The summed E-state index contributed by atoms with van der Waals surface area (Å²) in [7, 11) is 0. The van der Waals surface area contributed by atoms with Gasteiger partial charge in [0.2, 0.25) is 0 Å². The van der Waals surface area contributed by atoms with Crippen LogP contribution in [0.1, 0.15) is 54.4 Å². The number of aryl methyl sites for hydroxylation is 2. The molecule has 1 aromatic rings. The van der Waals surface area contributed by atoms with E-state index in [0.717, 1.165) is 12.2 Å². The molecule has 2 unspecified atom stereocenters. The van der Waals surface area contributed by atoms with Gasteiger partial charge < -0.3 is 10.4 Å². The number of carbonyl (C=O) groups is 1. The normalized spacial score (nSPS) is 22.6. The number of nitrogens with zero attached hydrogens (tertiary/aromatic N) is 1. The van der Waals surface area contributed by atoms with Crippen LogP contribution < -0.4 is 5.32 Å². The first kappa shape index (κ1) is 14.8. The van der Waals surface area contributed by atoms with Crippen molar-refractivity contribution in [1.82, 2.24) is 4.98 Å². The minimum absolute atomic E-state index is 0.305. The summed E-state index contributed by atoms with van der Waals surface area (Å²) in [5.74, 6) is 0.446. The molecule has 1 aliphatic rings. The lowest BCUT2D eigenvalue weighted by molar-refractivity contribution is 0.0696. The fourth-order valence-electron chi connectivity index (χ4n) is 3.18. The molecular formula is C16H24N2O2. The van der Waals surface area contributed by atoms with Crippen molar-refractivity contribution < 1.29 is 9.90 Å². The van der Waals surface area contributed by atoms with E-state index >= 15 is 0 Å². The fraction of sp³-hybridized carbons (Fsp3) is 0.625. The molecule has 0 amide bonds. The topological polar surface area (TPSA) is 62.2 Å². The van der Waals surface area contributed by atoms with Crippen molar-refractivity contribution in [2.75, 3.05) is 11.9 Å². The standard InChI is InChI=1S/C16H24N2O2/c1-10-6-4-5-7-13(10)9-17-14-8-11(2)18-12(3)15(14)16(19)20/h8,10,13H,4-7,9H2,1-3H3,(H,17,18)(H,19,20). The zero-order valence-corrected chi connectivity index (χ0v) is 12.6. The van der Waals surface area contributed by atoms with Gasteiger partial charge in [-0.15, -0.1) is 0 Å². The van der Waals surface area contributed by atoms with E-state index in [4.69, 9.17) is 0 Å². The van der Waals surface area contributed by atoms with E-state index in [-0.39, 0.29) is 0 Å². The molecule has 110 valence electrons. The maximum Gasteiger partial charge on any atom is 0.339 e. The summed E-state index contributed by atoms with van der Waals surface area (Å²) in [5.41, 5.74) is 2.45. The maximum atomic E-state index is 11.4. The van der Waals surface area contributed by atoms with Crippen molar-refractivity contribution in [3.63, 3.8) is 0 Å². The van der Waals surface area contributed by atoms with Crippen molar-refractivity contribution in [2.24, 2.45) is 11.8 Å². The van der Waals surface area contributed by atoms with E-state index < -0.39 is 5.97 Å². The first-order chi connectivity index (χ1) is 9.49. The Morgan fingerprint density at radius 2 is 2.10 bits per heavy atom. The van der Waals surface area contributed by atoms with Crippen LogP contribution in [-0.4, -0.2) is 22.6 Å². The van der Waals surface area contributed by atoms with Gasteiger partial charge in [0.05, 0.1) is 11.4 Å². The Hall–Kier alpha value is -1.58. The highest BCUT2D eigenvalue weighted by Gasteiger charge is 2.22. The highest BCUT2D eigenvalue weighted by Crippen LogP contribution is 2.30. The number of hydrogen-bond acceptors (Lipinski definition) is 3. The van der Waals surface area contributed by atoms with Gasteiger partial charge in [0, 0.05) is 12.2 Å². The van der Waals surface area contributed by atoms with Crippen LogP contribution in [0.4, 0.5) is 5.69 Å². The van der Waals surface area contributed by atoms with Gasteiger partial charge in [-0.2, -0.15) is 0 Å². The largest absolute Gasteiger partial charge is 0.478 e. The van der Waals surface area contributed by atoms with Gasteiger partial charge in [-0.25, -0.2) is 4.79 Å². The van der Waals surface area contributed by atoms with Crippen LogP contribution in [0, 0.1) is 25.7 Å². The summed E-state index contributed by atoms with van der Waals surface area (Å²) in [6.07, 6.45) is 5.13.